The van der Waals surface area contributed by atoms with E-state index in [-0.39, 0.29) is 12.8 Å². The van der Waals surface area contributed by atoms with Crippen molar-refractivity contribution in [3.05, 3.63) is 20.2 Å². The molecule has 0 N–H and O–H groups in total. The summed E-state index contributed by atoms with van der Waals surface area (Å²) in [5.41, 5.74) is 0. The Morgan fingerprint density at radius 1 is 1.14 bits per heavy atom. The minimum absolute atomic E-state index is 0.217. The van der Waals surface area contributed by atoms with Crippen molar-refractivity contribution in [2.45, 2.75) is 52.2 Å². The fourth-order valence-corrected chi connectivity index (χ4v) is 1.85. The molecule has 1 saturated carbocycles. The summed E-state index contributed by atoms with van der Waals surface area (Å²) in [4.78, 5) is 40.3. The highest BCUT2D eigenvalue weighted by Crippen LogP contribution is 2.32. The number of rotatable bonds is 6. The maximum absolute atomic E-state index is 12.5. The Hall–Kier alpha value is -2.20. The van der Waals surface area contributed by atoms with Gasteiger partial charge in [0.15, 0.2) is 0 Å². The Bertz CT molecular complexity index is 354. The minimum atomic E-state index is -1.84. The smallest absolute Gasteiger partial charge is 0.311 e. The van der Waals surface area contributed by atoms with E-state index >= 15 is 0 Å². The summed E-state index contributed by atoms with van der Waals surface area (Å²) in [7, 11) is 0. The average Bonchev–Trinajstić information content (AvgIpc) is 2.72. The van der Waals surface area contributed by atoms with Crippen LogP contribution in [-0.2, 0) is 19.2 Å². The van der Waals surface area contributed by atoms with Crippen molar-refractivity contribution in [2.24, 2.45) is 5.92 Å². The van der Waals surface area contributed by atoms with Crippen LogP contribution < -0.4 is 0 Å². The molecule has 1 aliphatic rings. The molecule has 10 nitrogen and oxygen atoms in total. The van der Waals surface area contributed by atoms with E-state index in [1.165, 1.54) is 0 Å². The van der Waals surface area contributed by atoms with Crippen LogP contribution in [0.3, 0.4) is 0 Å². The first-order chi connectivity index (χ1) is 9.79. The summed E-state index contributed by atoms with van der Waals surface area (Å²) in [6.45, 7) is 4.99. The number of carbonyl (C=O) groups is 1. The zero-order chi connectivity index (χ0) is 16.6. The molecule has 1 aliphatic carbocycles. The fraction of sp³-hybridized carbons (Fsp3) is 0.900. The summed E-state index contributed by atoms with van der Waals surface area (Å²) in [6, 6.07) is 0. The standard InChI is InChI=1S/C8H11FN2O8.C2H6/c1-4(9)17-8(12)5-2-6(18-10(13)14)7(3-5)19-11(15)16;1-2/h4-7H,2-3H2,1H3;1-2H3. The highest BCUT2D eigenvalue weighted by Gasteiger charge is 2.43. The molecule has 0 amide bonds. The van der Waals surface area contributed by atoms with E-state index in [4.69, 9.17) is 0 Å². The van der Waals surface area contributed by atoms with Crippen LogP contribution in [0, 0.1) is 26.1 Å². The van der Waals surface area contributed by atoms with E-state index in [0.717, 1.165) is 6.92 Å². The molecule has 0 aromatic heterocycles. The number of carbonyl (C=O) groups excluding carboxylic acids is 1. The molecule has 3 atom stereocenters. The van der Waals surface area contributed by atoms with Crippen molar-refractivity contribution < 1.29 is 33.8 Å². The van der Waals surface area contributed by atoms with Crippen molar-refractivity contribution in [2.75, 3.05) is 0 Å². The molecule has 11 heteroatoms. The number of hydrogen-bond acceptors (Lipinski definition) is 8. The average molecular weight is 312 g/mol. The number of esters is 1. The first-order valence-corrected chi connectivity index (χ1v) is 6.26. The van der Waals surface area contributed by atoms with Gasteiger partial charge in [0, 0.05) is 6.92 Å². The number of hydrogen-bond donors (Lipinski definition) is 0. The molecular formula is C10H17FN2O8. The minimum Gasteiger partial charge on any atom is -0.431 e. The lowest BCUT2D eigenvalue weighted by Crippen LogP contribution is -2.30. The van der Waals surface area contributed by atoms with Crippen LogP contribution in [-0.4, -0.2) is 34.7 Å². The predicted molar refractivity (Wildman–Crippen MR) is 64.5 cm³/mol. The Labute approximate surface area is 119 Å². The lowest BCUT2D eigenvalue weighted by molar-refractivity contribution is -0.797. The maximum Gasteiger partial charge on any atom is 0.311 e. The first-order valence-electron chi connectivity index (χ1n) is 6.26. The second-order valence-electron chi connectivity index (χ2n) is 3.88. The fourth-order valence-electron chi connectivity index (χ4n) is 1.85. The number of halogens is 1. The van der Waals surface area contributed by atoms with Gasteiger partial charge in [-0.2, -0.15) is 0 Å². The summed E-state index contributed by atoms with van der Waals surface area (Å²) >= 11 is 0. The van der Waals surface area contributed by atoms with Gasteiger partial charge in [0.25, 0.3) is 10.2 Å². The van der Waals surface area contributed by atoms with Crippen LogP contribution in [0.4, 0.5) is 4.39 Å². The molecule has 3 unspecified atom stereocenters. The second-order valence-corrected chi connectivity index (χ2v) is 3.88. The Kier molecular flexibility index (Phi) is 7.94. The summed E-state index contributed by atoms with van der Waals surface area (Å²) in [5, 5.41) is 18.2. The third-order valence-electron chi connectivity index (χ3n) is 2.50. The van der Waals surface area contributed by atoms with Gasteiger partial charge in [-0.1, -0.05) is 13.8 Å². The van der Waals surface area contributed by atoms with E-state index in [9.17, 15) is 29.4 Å². The Morgan fingerprint density at radius 2 is 1.52 bits per heavy atom. The topological polar surface area (TPSA) is 131 Å². The Balaban J connectivity index is 0.00000191. The molecule has 21 heavy (non-hydrogen) atoms. The van der Waals surface area contributed by atoms with Gasteiger partial charge in [0.2, 0.25) is 6.36 Å². The van der Waals surface area contributed by atoms with Gasteiger partial charge in [0.05, 0.1) is 5.92 Å². The third-order valence-corrected chi connectivity index (χ3v) is 2.50. The lowest BCUT2D eigenvalue weighted by Gasteiger charge is -2.14. The van der Waals surface area contributed by atoms with Gasteiger partial charge in [-0.05, 0) is 12.8 Å². The van der Waals surface area contributed by atoms with Gasteiger partial charge >= 0.3 is 5.97 Å². The van der Waals surface area contributed by atoms with Crippen molar-refractivity contribution in [3.8, 4) is 0 Å². The zero-order valence-electron chi connectivity index (χ0n) is 11.8. The molecule has 1 rings (SSSR count). The van der Waals surface area contributed by atoms with Crippen molar-refractivity contribution >= 4 is 5.97 Å². The van der Waals surface area contributed by atoms with Crippen LogP contribution >= 0.6 is 0 Å². The van der Waals surface area contributed by atoms with Crippen LogP contribution in [0.2, 0.25) is 0 Å². The highest BCUT2D eigenvalue weighted by atomic mass is 19.1. The normalized spacial score (nSPS) is 25.0. The van der Waals surface area contributed by atoms with Crippen molar-refractivity contribution in [1.29, 1.82) is 0 Å². The monoisotopic (exact) mass is 312 g/mol. The Morgan fingerprint density at radius 3 is 1.81 bits per heavy atom. The van der Waals surface area contributed by atoms with Gasteiger partial charge < -0.3 is 14.4 Å². The van der Waals surface area contributed by atoms with E-state index in [0.29, 0.717) is 0 Å². The third kappa shape index (κ3) is 6.68. The number of nitrogens with zero attached hydrogens (tertiary/aromatic N) is 2. The molecule has 1 fully saturated rings. The summed E-state index contributed by atoms with van der Waals surface area (Å²) < 4.78 is 16.8. The van der Waals surface area contributed by atoms with Crippen LogP contribution in [0.5, 0.6) is 0 Å². The molecule has 122 valence electrons. The van der Waals surface area contributed by atoms with Gasteiger partial charge in [-0.3, -0.25) is 4.79 Å². The zero-order valence-corrected chi connectivity index (χ0v) is 11.8. The lowest BCUT2D eigenvalue weighted by atomic mass is 10.1. The molecule has 0 aromatic carbocycles. The maximum atomic E-state index is 12.5. The van der Waals surface area contributed by atoms with Crippen molar-refractivity contribution in [3.63, 3.8) is 0 Å². The van der Waals surface area contributed by atoms with E-state index in [1.807, 2.05) is 13.8 Å². The number of alkyl halides is 1. The van der Waals surface area contributed by atoms with E-state index in [1.54, 1.807) is 0 Å². The molecule has 0 heterocycles. The molecular weight excluding hydrogens is 295 g/mol. The molecule has 0 bridgehead atoms. The molecule has 0 spiro atoms. The predicted octanol–water partition coefficient (Wildman–Crippen LogP) is 1.44. The van der Waals surface area contributed by atoms with Gasteiger partial charge in [-0.15, -0.1) is 20.2 Å². The molecule has 0 radical (unpaired) electrons. The molecule has 0 saturated heterocycles. The van der Waals surface area contributed by atoms with Crippen LogP contribution in [0.1, 0.15) is 33.6 Å². The summed E-state index contributed by atoms with van der Waals surface area (Å²) in [6.07, 6.45) is -4.81. The van der Waals surface area contributed by atoms with Gasteiger partial charge in [0.1, 0.15) is 12.2 Å². The van der Waals surface area contributed by atoms with E-state index in [2.05, 4.69) is 14.4 Å². The summed E-state index contributed by atoms with van der Waals surface area (Å²) in [5.74, 6) is -1.89. The SMILES string of the molecule is CC.CC(F)OC(=O)C1CC(O[N+](=O)[O-])C(O[N+](=O)[O-])C1. The second kappa shape index (κ2) is 8.87. The highest BCUT2D eigenvalue weighted by molar-refractivity contribution is 5.73. The quantitative estimate of drug-likeness (QED) is 0.409. The number of ether oxygens (including phenoxy) is 1. The van der Waals surface area contributed by atoms with Gasteiger partial charge in [-0.25, -0.2) is 4.39 Å². The largest absolute Gasteiger partial charge is 0.431 e. The first kappa shape index (κ1) is 18.8. The van der Waals surface area contributed by atoms with Crippen molar-refractivity contribution in [1.82, 2.24) is 0 Å². The van der Waals surface area contributed by atoms with Crippen LogP contribution in [0.25, 0.3) is 0 Å². The van der Waals surface area contributed by atoms with E-state index < -0.39 is 40.6 Å². The van der Waals surface area contributed by atoms with Crippen LogP contribution in [0.15, 0.2) is 0 Å². The molecule has 0 aliphatic heterocycles. The molecule has 0 aromatic rings.